The van der Waals surface area contributed by atoms with E-state index in [1.165, 1.54) is 29.8 Å². The lowest BCUT2D eigenvalue weighted by molar-refractivity contribution is -0.137. The van der Waals surface area contributed by atoms with Gasteiger partial charge in [0.1, 0.15) is 11.6 Å². The number of aromatic nitrogens is 1. The van der Waals surface area contributed by atoms with E-state index in [9.17, 15) is 19.2 Å². The van der Waals surface area contributed by atoms with Gasteiger partial charge in [-0.15, -0.1) is 11.3 Å². The highest BCUT2D eigenvalue weighted by molar-refractivity contribution is 7.09. The van der Waals surface area contributed by atoms with Crippen LogP contribution in [-0.4, -0.2) is 59.8 Å². The summed E-state index contributed by atoms with van der Waals surface area (Å²) in [5.41, 5.74) is 6.38. The number of piperidine rings is 2. The molecular weight excluding hydrogens is 468 g/mol. The van der Waals surface area contributed by atoms with Gasteiger partial charge in [0.15, 0.2) is 0 Å². The molecular formula is C24H34N6O4S. The van der Waals surface area contributed by atoms with E-state index in [0.29, 0.717) is 32.6 Å². The Bertz CT molecular complexity index is 969. The normalized spacial score (nSPS) is 21.0. The minimum absolute atomic E-state index is 0.0125. The van der Waals surface area contributed by atoms with Crippen molar-refractivity contribution in [3.63, 3.8) is 0 Å². The van der Waals surface area contributed by atoms with Crippen LogP contribution < -0.4 is 21.5 Å². The van der Waals surface area contributed by atoms with Crippen LogP contribution in [0.4, 0.5) is 4.79 Å². The lowest BCUT2D eigenvalue weighted by Gasteiger charge is -2.31. The molecule has 35 heavy (non-hydrogen) atoms. The molecule has 0 bridgehead atoms. The number of nitrogens with zero attached hydrogens (tertiary/aromatic N) is 2. The molecule has 1 unspecified atom stereocenters. The lowest BCUT2D eigenvalue weighted by Crippen LogP contribution is -2.50. The molecule has 1 atom stereocenters. The number of likely N-dealkylation sites (tertiary alicyclic amines) is 1. The molecule has 11 heteroatoms. The Labute approximate surface area is 209 Å². The van der Waals surface area contributed by atoms with Crippen molar-refractivity contribution in [2.75, 3.05) is 26.2 Å². The number of carbonyl (C=O) groups excluding carboxylic acids is 4. The minimum Gasteiger partial charge on any atom is -0.355 e. The third-order valence-electron chi connectivity index (χ3n) is 6.89. The number of urea groups is 1. The van der Waals surface area contributed by atoms with Crippen molar-refractivity contribution in [1.82, 2.24) is 31.4 Å². The fourth-order valence-corrected chi connectivity index (χ4v) is 5.75. The second kappa shape index (κ2) is 12.1. The molecule has 1 aromatic rings. The first kappa shape index (κ1) is 25.2. The summed E-state index contributed by atoms with van der Waals surface area (Å²) in [5.74, 6) is -1.95. The van der Waals surface area contributed by atoms with Gasteiger partial charge in [-0.2, -0.15) is 0 Å². The predicted molar refractivity (Wildman–Crippen MR) is 132 cm³/mol. The smallest absolute Gasteiger partial charge is 0.317 e. The number of rotatable bonds is 6. The highest BCUT2D eigenvalue weighted by Gasteiger charge is 2.30. The van der Waals surface area contributed by atoms with Crippen molar-refractivity contribution in [3.8, 4) is 0 Å². The Morgan fingerprint density at radius 1 is 1.11 bits per heavy atom. The quantitative estimate of drug-likeness (QED) is 0.269. The van der Waals surface area contributed by atoms with Gasteiger partial charge in [0.05, 0.1) is 5.01 Å². The molecule has 2 fully saturated rings. The number of allylic oxidation sites excluding steroid dienone is 1. The van der Waals surface area contributed by atoms with Crippen LogP contribution >= 0.6 is 11.3 Å². The van der Waals surface area contributed by atoms with Gasteiger partial charge in [-0.25, -0.2) is 9.78 Å². The molecule has 0 saturated carbocycles. The Hall–Kier alpha value is -2.95. The maximum atomic E-state index is 12.5. The second-order valence-electron chi connectivity index (χ2n) is 9.35. The van der Waals surface area contributed by atoms with E-state index in [1.54, 1.807) is 5.38 Å². The van der Waals surface area contributed by atoms with E-state index in [1.807, 2.05) is 4.90 Å². The van der Waals surface area contributed by atoms with Gasteiger partial charge >= 0.3 is 6.03 Å². The SMILES string of the molecule is O=C(NNC(=O)C1CCCNC1=O)c1csc(C2CCN(C(=O)NCCC3=CCCCC3)CC2)n1. The molecule has 0 radical (unpaired) electrons. The Morgan fingerprint density at radius 2 is 1.94 bits per heavy atom. The van der Waals surface area contributed by atoms with Crippen LogP contribution in [0.25, 0.3) is 0 Å². The first-order valence-electron chi connectivity index (χ1n) is 12.6. The highest BCUT2D eigenvalue weighted by Crippen LogP contribution is 2.30. The zero-order valence-corrected chi connectivity index (χ0v) is 20.8. The first-order chi connectivity index (χ1) is 17.0. The maximum absolute atomic E-state index is 12.5. The van der Waals surface area contributed by atoms with Crippen molar-refractivity contribution in [3.05, 3.63) is 27.7 Å². The molecule has 2 aliphatic heterocycles. The van der Waals surface area contributed by atoms with Crippen molar-refractivity contribution in [2.45, 2.75) is 63.7 Å². The zero-order chi connectivity index (χ0) is 24.6. The van der Waals surface area contributed by atoms with Gasteiger partial charge in [0.25, 0.3) is 11.8 Å². The van der Waals surface area contributed by atoms with Crippen LogP contribution in [-0.2, 0) is 9.59 Å². The Kier molecular flexibility index (Phi) is 8.73. The zero-order valence-electron chi connectivity index (χ0n) is 19.9. The first-order valence-corrected chi connectivity index (χ1v) is 13.4. The van der Waals surface area contributed by atoms with E-state index in [4.69, 9.17) is 0 Å². The van der Waals surface area contributed by atoms with Gasteiger partial charge in [-0.05, 0) is 57.8 Å². The van der Waals surface area contributed by atoms with Crippen molar-refractivity contribution in [1.29, 1.82) is 0 Å². The molecule has 4 rings (SSSR count). The fourth-order valence-electron chi connectivity index (χ4n) is 4.77. The third kappa shape index (κ3) is 6.81. The maximum Gasteiger partial charge on any atom is 0.317 e. The third-order valence-corrected chi connectivity index (χ3v) is 7.90. The molecule has 5 amide bonds. The predicted octanol–water partition coefficient (Wildman–Crippen LogP) is 2.21. The van der Waals surface area contributed by atoms with Crippen LogP contribution in [0.2, 0.25) is 0 Å². The number of carbonyl (C=O) groups is 4. The molecule has 2 saturated heterocycles. The lowest BCUT2D eigenvalue weighted by atomic mass is 9.97. The van der Waals surface area contributed by atoms with Crippen LogP contribution in [0.5, 0.6) is 0 Å². The highest BCUT2D eigenvalue weighted by atomic mass is 32.1. The molecule has 10 nitrogen and oxygen atoms in total. The molecule has 0 aromatic carbocycles. The van der Waals surface area contributed by atoms with Gasteiger partial charge in [0, 0.05) is 37.5 Å². The van der Waals surface area contributed by atoms with Crippen LogP contribution in [0.1, 0.15) is 79.2 Å². The number of amides is 5. The summed E-state index contributed by atoms with van der Waals surface area (Å²) in [4.78, 5) is 55.2. The summed E-state index contributed by atoms with van der Waals surface area (Å²) >= 11 is 1.41. The molecule has 4 N–H and O–H groups in total. The van der Waals surface area contributed by atoms with Crippen LogP contribution in [0, 0.1) is 5.92 Å². The number of nitrogens with one attached hydrogen (secondary N) is 4. The summed E-state index contributed by atoms with van der Waals surface area (Å²) < 4.78 is 0. The van der Waals surface area contributed by atoms with E-state index in [-0.39, 0.29) is 23.6 Å². The number of thiazole rings is 1. The Morgan fingerprint density at radius 3 is 2.69 bits per heavy atom. The number of hydrazine groups is 1. The summed E-state index contributed by atoms with van der Waals surface area (Å²) in [6.45, 7) is 2.55. The number of hydrogen-bond donors (Lipinski definition) is 4. The molecule has 190 valence electrons. The van der Waals surface area contributed by atoms with Crippen LogP contribution in [0.15, 0.2) is 17.0 Å². The summed E-state index contributed by atoms with van der Waals surface area (Å²) in [7, 11) is 0. The van der Waals surface area contributed by atoms with E-state index >= 15 is 0 Å². The van der Waals surface area contributed by atoms with Crippen molar-refractivity contribution < 1.29 is 19.2 Å². The van der Waals surface area contributed by atoms with Gasteiger partial charge in [-0.1, -0.05) is 11.6 Å². The van der Waals surface area contributed by atoms with Crippen LogP contribution in [0.3, 0.4) is 0 Å². The largest absolute Gasteiger partial charge is 0.355 e. The number of hydrogen-bond acceptors (Lipinski definition) is 6. The van der Waals surface area contributed by atoms with Crippen molar-refractivity contribution in [2.24, 2.45) is 5.92 Å². The fraction of sp³-hybridized carbons (Fsp3) is 0.625. The topological polar surface area (TPSA) is 133 Å². The molecule has 0 spiro atoms. The second-order valence-corrected chi connectivity index (χ2v) is 10.2. The van der Waals surface area contributed by atoms with E-state index in [2.05, 4.69) is 32.5 Å². The van der Waals surface area contributed by atoms with Gasteiger partial charge < -0.3 is 15.5 Å². The molecule has 1 aromatic heterocycles. The van der Waals surface area contributed by atoms with E-state index < -0.39 is 17.7 Å². The van der Waals surface area contributed by atoms with Gasteiger partial charge in [-0.3, -0.25) is 25.2 Å². The molecule has 3 heterocycles. The minimum atomic E-state index is -0.790. The summed E-state index contributed by atoms with van der Waals surface area (Å²) in [6, 6.07) is -0.0125. The average molecular weight is 503 g/mol. The van der Waals surface area contributed by atoms with Crippen molar-refractivity contribution >= 4 is 35.1 Å². The molecule has 3 aliphatic rings. The summed E-state index contributed by atoms with van der Waals surface area (Å²) in [6.07, 6.45) is 10.8. The average Bonchev–Trinajstić information content (AvgIpc) is 3.38. The van der Waals surface area contributed by atoms with E-state index in [0.717, 1.165) is 43.5 Å². The molecule has 1 aliphatic carbocycles. The summed E-state index contributed by atoms with van der Waals surface area (Å²) in [5, 5.41) is 8.22. The monoisotopic (exact) mass is 502 g/mol. The standard InChI is InChI=1S/C24H34N6O4S/c31-20-18(7-4-11-25-20)21(32)28-29-22(33)19-15-35-23(27-19)17-9-13-30(14-10-17)24(34)26-12-8-16-5-2-1-3-6-16/h5,15,17-18H,1-4,6-14H2,(H,25,31)(H,26,34)(H,28,32)(H,29,33). The van der Waals surface area contributed by atoms with Gasteiger partial charge in [0.2, 0.25) is 5.91 Å². The Balaban J connectivity index is 1.18.